The predicted octanol–water partition coefficient (Wildman–Crippen LogP) is -4.38. The molecule has 0 aromatic heterocycles. The van der Waals surface area contributed by atoms with Crippen molar-refractivity contribution in [1.82, 2.24) is 0 Å². The van der Waals surface area contributed by atoms with Crippen molar-refractivity contribution in [3.8, 4) is 0 Å². The van der Waals surface area contributed by atoms with Crippen LogP contribution in [0.2, 0.25) is 0 Å². The maximum Gasteiger partial charge on any atom is 2.00 e. The molecule has 0 aliphatic carbocycles. The quantitative estimate of drug-likeness (QED) is 0.448. The monoisotopic (exact) mass is 370 g/mol. The van der Waals surface area contributed by atoms with Gasteiger partial charge in [0, 0.05) is 24.8 Å². The first-order valence-electron chi connectivity index (χ1n) is 4.22. The molecule has 0 atom stereocenters. The number of primary amides is 2. The first kappa shape index (κ1) is 21.7. The number of nitrogens with two attached hydrogens (primary N) is 2. The average molecular weight is 370 g/mol. The van der Waals surface area contributed by atoms with E-state index in [0.29, 0.717) is 0 Å². The summed E-state index contributed by atoms with van der Waals surface area (Å²) in [5.41, 5.74) is 9.22. The summed E-state index contributed by atoms with van der Waals surface area (Å²) in [5.74, 6) is -3.73. The number of rotatable bonds is 6. The van der Waals surface area contributed by atoms with E-state index in [2.05, 4.69) is 11.5 Å². The molecule has 0 aliphatic rings. The number of carboxylic acids is 2. The summed E-state index contributed by atoms with van der Waals surface area (Å²) in [4.78, 5) is 38.8. The van der Waals surface area contributed by atoms with Gasteiger partial charge in [0.2, 0.25) is 11.8 Å². The molecule has 0 unspecified atom stereocenters. The number of carboxylic acid groups (broad SMARTS) is 2. The smallest absolute Gasteiger partial charge is 0.550 e. The van der Waals surface area contributed by atoms with Crippen molar-refractivity contribution in [2.75, 3.05) is 0 Å². The van der Waals surface area contributed by atoms with E-state index < -0.39 is 23.8 Å². The molecule has 8 nitrogen and oxygen atoms in total. The molecule has 0 aliphatic heterocycles. The summed E-state index contributed by atoms with van der Waals surface area (Å²) in [5, 5.41) is 19.2. The molecule has 0 fully saturated rings. The molecular formula is C8H12BaN2O6. The molecule has 0 rings (SSSR count). The van der Waals surface area contributed by atoms with Crippen molar-refractivity contribution < 1.29 is 29.4 Å². The van der Waals surface area contributed by atoms with Crippen molar-refractivity contribution in [3.63, 3.8) is 0 Å². The van der Waals surface area contributed by atoms with Gasteiger partial charge in [0.15, 0.2) is 0 Å². The number of carbonyl (C=O) groups is 4. The summed E-state index contributed by atoms with van der Waals surface area (Å²) in [6, 6.07) is 0. The van der Waals surface area contributed by atoms with Crippen LogP contribution in [0.3, 0.4) is 0 Å². The third kappa shape index (κ3) is 31.3. The Labute approximate surface area is 138 Å². The van der Waals surface area contributed by atoms with Crippen molar-refractivity contribution in [2.24, 2.45) is 11.5 Å². The first-order valence-corrected chi connectivity index (χ1v) is 4.22. The minimum Gasteiger partial charge on any atom is -0.550 e. The molecule has 0 bridgehead atoms. The summed E-state index contributed by atoms with van der Waals surface area (Å²) in [7, 11) is 0. The van der Waals surface area contributed by atoms with Crippen LogP contribution in [0, 0.1) is 0 Å². The Morgan fingerprint density at radius 1 is 0.706 bits per heavy atom. The van der Waals surface area contributed by atoms with Crippen molar-refractivity contribution in [2.45, 2.75) is 25.7 Å². The van der Waals surface area contributed by atoms with Gasteiger partial charge >= 0.3 is 48.9 Å². The normalized spacial score (nSPS) is 8.00. The summed E-state index contributed by atoms with van der Waals surface area (Å²) in [6.45, 7) is 0. The topological polar surface area (TPSA) is 166 Å². The van der Waals surface area contributed by atoms with Crippen LogP contribution in [0.4, 0.5) is 0 Å². The van der Waals surface area contributed by atoms with Gasteiger partial charge in [0.1, 0.15) is 0 Å². The summed E-state index contributed by atoms with van der Waals surface area (Å²) in [6.07, 6.45) is -0.838. The fourth-order valence-corrected chi connectivity index (χ4v) is 0.451. The van der Waals surface area contributed by atoms with Crippen LogP contribution in [0.5, 0.6) is 0 Å². The van der Waals surface area contributed by atoms with E-state index in [0.717, 1.165) is 0 Å². The zero-order valence-corrected chi connectivity index (χ0v) is 13.6. The predicted molar refractivity (Wildman–Crippen MR) is 52.6 cm³/mol. The van der Waals surface area contributed by atoms with Crippen LogP contribution in [0.25, 0.3) is 0 Å². The third-order valence-electron chi connectivity index (χ3n) is 1.15. The van der Waals surface area contributed by atoms with E-state index >= 15 is 0 Å². The Bertz CT molecular complexity index is 225. The third-order valence-corrected chi connectivity index (χ3v) is 1.15. The number of carbonyl (C=O) groups excluding carboxylic acids is 4. The molecule has 0 saturated carbocycles. The van der Waals surface area contributed by atoms with Gasteiger partial charge in [-0.15, -0.1) is 0 Å². The Morgan fingerprint density at radius 2 is 0.941 bits per heavy atom. The van der Waals surface area contributed by atoms with Gasteiger partial charge < -0.3 is 31.3 Å². The second-order valence-corrected chi connectivity index (χ2v) is 2.68. The molecule has 0 spiro atoms. The molecule has 92 valence electrons. The zero-order valence-electron chi connectivity index (χ0n) is 9.14. The Morgan fingerprint density at radius 3 is 1.00 bits per heavy atom. The van der Waals surface area contributed by atoms with Crippen molar-refractivity contribution in [1.29, 1.82) is 0 Å². The summed E-state index contributed by atoms with van der Waals surface area (Å²) < 4.78 is 0. The zero-order chi connectivity index (χ0) is 13.1. The Balaban J connectivity index is -0.000000218. The van der Waals surface area contributed by atoms with E-state index in [1.807, 2.05) is 0 Å². The SMILES string of the molecule is NC(=O)CCC(=O)[O-].NC(=O)CCC(=O)[O-].[Ba+2]. The number of hydrogen-bond donors (Lipinski definition) is 2. The molecule has 4 N–H and O–H groups in total. The summed E-state index contributed by atoms with van der Waals surface area (Å²) >= 11 is 0. The number of aliphatic carboxylic acids is 2. The van der Waals surface area contributed by atoms with Gasteiger partial charge in [0.05, 0.1) is 0 Å². The van der Waals surface area contributed by atoms with Gasteiger partial charge in [-0.2, -0.15) is 0 Å². The molecule has 0 heterocycles. The fourth-order valence-electron chi connectivity index (χ4n) is 0.451. The van der Waals surface area contributed by atoms with Crippen LogP contribution >= 0.6 is 0 Å². The molecular weight excluding hydrogens is 357 g/mol. The van der Waals surface area contributed by atoms with Crippen molar-refractivity contribution in [3.05, 3.63) is 0 Å². The van der Waals surface area contributed by atoms with Crippen LogP contribution in [-0.2, 0) is 19.2 Å². The van der Waals surface area contributed by atoms with E-state index in [9.17, 15) is 29.4 Å². The molecule has 0 aromatic rings. The van der Waals surface area contributed by atoms with Gasteiger partial charge in [-0.25, -0.2) is 0 Å². The second kappa shape index (κ2) is 13.5. The molecule has 17 heavy (non-hydrogen) atoms. The van der Waals surface area contributed by atoms with E-state index in [-0.39, 0.29) is 74.6 Å². The minimum atomic E-state index is -1.25. The number of amides is 2. The van der Waals surface area contributed by atoms with Gasteiger partial charge in [-0.1, -0.05) is 0 Å². The van der Waals surface area contributed by atoms with Gasteiger partial charge in [-0.3, -0.25) is 9.59 Å². The van der Waals surface area contributed by atoms with Crippen LogP contribution in [-0.4, -0.2) is 72.6 Å². The minimum absolute atomic E-state index is 0. The van der Waals surface area contributed by atoms with Crippen LogP contribution < -0.4 is 21.7 Å². The second-order valence-electron chi connectivity index (χ2n) is 2.68. The molecule has 2 amide bonds. The standard InChI is InChI=1S/2C4H7NO3.Ba/c2*5-3(6)1-2-4(7)8;/h2*1-2H2,(H2,5,6)(H,7,8);/q;;+2/p-2. The molecule has 0 radical (unpaired) electrons. The van der Waals surface area contributed by atoms with E-state index in [4.69, 9.17) is 0 Å². The Kier molecular flexibility index (Phi) is 17.3. The fraction of sp³-hybridized carbons (Fsp3) is 0.500. The van der Waals surface area contributed by atoms with E-state index in [1.54, 1.807) is 0 Å². The number of hydrogen-bond acceptors (Lipinski definition) is 6. The Hall–Kier alpha value is -0.549. The maximum atomic E-state index is 9.83. The van der Waals surface area contributed by atoms with Gasteiger partial charge in [-0.05, 0) is 12.8 Å². The molecule has 0 aromatic carbocycles. The molecule has 9 heteroatoms. The van der Waals surface area contributed by atoms with Crippen molar-refractivity contribution >= 4 is 72.6 Å². The van der Waals surface area contributed by atoms with Crippen LogP contribution in [0.15, 0.2) is 0 Å². The first-order chi connectivity index (χ1) is 7.25. The maximum absolute atomic E-state index is 9.83. The largest absolute Gasteiger partial charge is 2.00 e. The molecule has 0 saturated heterocycles. The van der Waals surface area contributed by atoms with Crippen LogP contribution in [0.1, 0.15) is 25.7 Å². The van der Waals surface area contributed by atoms with Gasteiger partial charge in [0.25, 0.3) is 0 Å². The average Bonchev–Trinajstić information content (AvgIpc) is 2.12. The van der Waals surface area contributed by atoms with E-state index in [1.165, 1.54) is 0 Å².